The average Bonchev–Trinajstić information content (AvgIpc) is 2.97. The van der Waals surface area contributed by atoms with Gasteiger partial charge in [0.25, 0.3) is 0 Å². The van der Waals surface area contributed by atoms with Gasteiger partial charge in [0, 0.05) is 18.5 Å². The predicted octanol–water partition coefficient (Wildman–Crippen LogP) is 3.18. The summed E-state index contributed by atoms with van der Waals surface area (Å²) >= 11 is 3.15. The fourth-order valence-electron chi connectivity index (χ4n) is 2.45. The van der Waals surface area contributed by atoms with Crippen molar-refractivity contribution in [2.24, 2.45) is 0 Å². The number of hydrogen-bond donors (Lipinski definition) is 0. The van der Waals surface area contributed by atoms with Gasteiger partial charge in [0.2, 0.25) is 5.91 Å². The van der Waals surface area contributed by atoms with Crippen LogP contribution in [0.4, 0.5) is 0 Å². The molecule has 0 radical (unpaired) electrons. The summed E-state index contributed by atoms with van der Waals surface area (Å²) in [6.45, 7) is 3.78. The largest absolute Gasteiger partial charge is 0.342 e. The van der Waals surface area contributed by atoms with Gasteiger partial charge in [-0.25, -0.2) is 9.97 Å². The van der Waals surface area contributed by atoms with E-state index in [0.29, 0.717) is 0 Å². The van der Waals surface area contributed by atoms with E-state index >= 15 is 0 Å². The number of thiophene rings is 1. The third-order valence-corrected chi connectivity index (χ3v) is 5.45. The third-order valence-electron chi connectivity index (χ3n) is 3.53. The van der Waals surface area contributed by atoms with Crippen LogP contribution in [-0.2, 0) is 4.79 Å². The van der Waals surface area contributed by atoms with Crippen molar-refractivity contribution in [1.29, 1.82) is 0 Å². The van der Waals surface area contributed by atoms with Gasteiger partial charge in [0.1, 0.15) is 16.2 Å². The lowest BCUT2D eigenvalue weighted by Crippen LogP contribution is -2.40. The van der Waals surface area contributed by atoms with E-state index in [1.807, 2.05) is 23.3 Å². The van der Waals surface area contributed by atoms with Gasteiger partial charge in [-0.05, 0) is 37.6 Å². The minimum Gasteiger partial charge on any atom is -0.342 e. The quantitative estimate of drug-likeness (QED) is 0.645. The van der Waals surface area contributed by atoms with Crippen LogP contribution in [0.2, 0.25) is 0 Å². The smallest absolute Gasteiger partial charge is 0.235 e. The molecule has 0 aliphatic carbocycles. The molecule has 4 nitrogen and oxygen atoms in total. The molecular formula is C14H17N3OS2. The summed E-state index contributed by atoms with van der Waals surface area (Å²) in [4.78, 5) is 24.0. The zero-order chi connectivity index (χ0) is 13.9. The Hall–Kier alpha value is -1.14. The van der Waals surface area contributed by atoms with Crippen molar-refractivity contribution in [3.63, 3.8) is 0 Å². The van der Waals surface area contributed by atoms with Crippen molar-refractivity contribution in [3.05, 3.63) is 17.8 Å². The number of rotatable bonds is 3. The molecule has 3 heterocycles. The van der Waals surface area contributed by atoms with E-state index < -0.39 is 0 Å². The molecule has 2 aromatic rings. The first-order chi connectivity index (χ1) is 9.75. The second-order valence-electron chi connectivity index (χ2n) is 4.96. The van der Waals surface area contributed by atoms with Crippen molar-refractivity contribution < 1.29 is 4.79 Å². The highest BCUT2D eigenvalue weighted by Gasteiger charge is 2.23. The lowest BCUT2D eigenvalue weighted by atomic mass is 10.1. The molecule has 0 aromatic carbocycles. The second-order valence-corrected chi connectivity index (χ2v) is 7.19. The van der Waals surface area contributed by atoms with Gasteiger partial charge in [0.15, 0.2) is 0 Å². The molecule has 1 amide bonds. The molecule has 2 aromatic heterocycles. The fourth-order valence-corrected chi connectivity index (χ4v) is 4.23. The standard InChI is InChI=1S/C14H17N3OS2/c1-10(14(18)17-6-3-2-4-7-17)20-13-11-5-8-19-12(11)15-9-16-13/h5,8-10H,2-4,6-7H2,1H3/t10-/m1/s1. The van der Waals surface area contributed by atoms with Gasteiger partial charge in [-0.2, -0.15) is 0 Å². The Morgan fingerprint density at radius 2 is 2.15 bits per heavy atom. The minimum absolute atomic E-state index is 0.0916. The monoisotopic (exact) mass is 307 g/mol. The summed E-state index contributed by atoms with van der Waals surface area (Å²) in [5, 5.41) is 3.89. The summed E-state index contributed by atoms with van der Waals surface area (Å²) in [7, 11) is 0. The number of piperidine rings is 1. The van der Waals surface area contributed by atoms with Gasteiger partial charge in [-0.3, -0.25) is 4.79 Å². The van der Waals surface area contributed by atoms with E-state index in [9.17, 15) is 4.79 Å². The molecule has 0 saturated carbocycles. The van der Waals surface area contributed by atoms with Crippen LogP contribution in [0.3, 0.4) is 0 Å². The van der Waals surface area contributed by atoms with Crippen LogP contribution in [0.15, 0.2) is 22.8 Å². The van der Waals surface area contributed by atoms with E-state index in [1.54, 1.807) is 29.4 Å². The highest BCUT2D eigenvalue weighted by atomic mass is 32.2. The van der Waals surface area contributed by atoms with Gasteiger partial charge in [-0.1, -0.05) is 11.8 Å². The molecule has 3 rings (SSSR count). The molecule has 0 bridgehead atoms. The van der Waals surface area contributed by atoms with Crippen LogP contribution in [-0.4, -0.2) is 39.1 Å². The normalized spacial score (nSPS) is 17.4. The zero-order valence-electron chi connectivity index (χ0n) is 11.4. The van der Waals surface area contributed by atoms with Crippen molar-refractivity contribution in [1.82, 2.24) is 14.9 Å². The minimum atomic E-state index is -0.0916. The summed E-state index contributed by atoms with van der Waals surface area (Å²) in [5.74, 6) is 0.233. The van der Waals surface area contributed by atoms with Crippen molar-refractivity contribution in [3.8, 4) is 0 Å². The molecule has 0 N–H and O–H groups in total. The number of likely N-dealkylation sites (tertiary alicyclic amines) is 1. The van der Waals surface area contributed by atoms with Crippen LogP contribution in [0.25, 0.3) is 10.2 Å². The molecule has 1 aliphatic rings. The number of aromatic nitrogens is 2. The van der Waals surface area contributed by atoms with Crippen molar-refractivity contribution in [2.45, 2.75) is 36.5 Å². The van der Waals surface area contributed by atoms with Gasteiger partial charge in [0.05, 0.1) is 5.25 Å². The third kappa shape index (κ3) is 2.81. The highest BCUT2D eigenvalue weighted by molar-refractivity contribution is 8.00. The van der Waals surface area contributed by atoms with Gasteiger partial charge >= 0.3 is 0 Å². The molecular weight excluding hydrogens is 290 g/mol. The van der Waals surface area contributed by atoms with Crippen molar-refractivity contribution >= 4 is 39.2 Å². The van der Waals surface area contributed by atoms with E-state index in [-0.39, 0.29) is 11.2 Å². The van der Waals surface area contributed by atoms with Crippen LogP contribution >= 0.6 is 23.1 Å². The summed E-state index contributed by atoms with van der Waals surface area (Å²) in [5.41, 5.74) is 0. The SMILES string of the molecule is C[C@@H](Sc1ncnc2sccc12)C(=O)N1CCCCC1. The number of amides is 1. The summed E-state index contributed by atoms with van der Waals surface area (Å²) < 4.78 is 0. The summed E-state index contributed by atoms with van der Waals surface area (Å²) in [6.07, 6.45) is 5.09. The fraction of sp³-hybridized carbons (Fsp3) is 0.500. The molecule has 20 heavy (non-hydrogen) atoms. The number of hydrogen-bond acceptors (Lipinski definition) is 5. The van der Waals surface area contributed by atoms with Crippen LogP contribution in [0.5, 0.6) is 0 Å². The van der Waals surface area contributed by atoms with E-state index in [4.69, 9.17) is 0 Å². The maximum atomic E-state index is 12.4. The van der Waals surface area contributed by atoms with E-state index in [1.165, 1.54) is 6.42 Å². The topological polar surface area (TPSA) is 46.1 Å². The Bertz CT molecular complexity index is 607. The van der Waals surface area contributed by atoms with E-state index in [2.05, 4.69) is 9.97 Å². The molecule has 106 valence electrons. The summed E-state index contributed by atoms with van der Waals surface area (Å²) in [6, 6.07) is 2.03. The van der Waals surface area contributed by atoms with Gasteiger partial charge in [-0.15, -0.1) is 11.3 Å². The molecule has 6 heteroatoms. The van der Waals surface area contributed by atoms with Crippen LogP contribution < -0.4 is 0 Å². The Morgan fingerprint density at radius 1 is 1.35 bits per heavy atom. The Morgan fingerprint density at radius 3 is 2.95 bits per heavy atom. The molecule has 1 fully saturated rings. The first kappa shape index (κ1) is 13.8. The number of carbonyl (C=O) groups excluding carboxylic acids is 1. The maximum Gasteiger partial charge on any atom is 0.235 e. The number of thioether (sulfide) groups is 1. The molecule has 1 atom stereocenters. The van der Waals surface area contributed by atoms with Crippen LogP contribution in [0.1, 0.15) is 26.2 Å². The predicted molar refractivity (Wildman–Crippen MR) is 83.2 cm³/mol. The first-order valence-electron chi connectivity index (χ1n) is 6.89. The number of nitrogens with zero attached hydrogens (tertiary/aromatic N) is 3. The number of fused-ring (bicyclic) bond motifs is 1. The van der Waals surface area contributed by atoms with Gasteiger partial charge < -0.3 is 4.90 Å². The van der Waals surface area contributed by atoms with Crippen LogP contribution in [0, 0.1) is 0 Å². The Labute approximate surface area is 126 Å². The Balaban J connectivity index is 1.73. The lowest BCUT2D eigenvalue weighted by molar-refractivity contribution is -0.131. The average molecular weight is 307 g/mol. The molecule has 1 aliphatic heterocycles. The maximum absolute atomic E-state index is 12.4. The molecule has 0 spiro atoms. The molecule has 1 saturated heterocycles. The number of carbonyl (C=O) groups is 1. The Kier molecular flexibility index (Phi) is 4.21. The lowest BCUT2D eigenvalue weighted by Gasteiger charge is -2.28. The highest BCUT2D eigenvalue weighted by Crippen LogP contribution is 2.31. The van der Waals surface area contributed by atoms with Crippen molar-refractivity contribution in [2.75, 3.05) is 13.1 Å². The first-order valence-corrected chi connectivity index (χ1v) is 8.65. The van der Waals surface area contributed by atoms with E-state index in [0.717, 1.165) is 41.2 Å². The second kappa shape index (κ2) is 6.10. The molecule has 0 unspecified atom stereocenters. The zero-order valence-corrected chi connectivity index (χ0v) is 13.0.